The highest BCUT2D eigenvalue weighted by molar-refractivity contribution is 5.78. The zero-order chi connectivity index (χ0) is 20.8. The van der Waals surface area contributed by atoms with Crippen LogP contribution in [0.4, 0.5) is 0 Å². The Bertz CT molecular complexity index is 949. The summed E-state index contributed by atoms with van der Waals surface area (Å²) < 4.78 is 7.11. The van der Waals surface area contributed by atoms with E-state index in [4.69, 9.17) is 4.74 Å². The van der Waals surface area contributed by atoms with E-state index in [1.165, 1.54) is 0 Å². The molecule has 0 saturated carbocycles. The Labute approximate surface area is 172 Å². The maximum Gasteiger partial charge on any atom is 0.234 e. The van der Waals surface area contributed by atoms with Gasteiger partial charge in [-0.05, 0) is 50.7 Å². The Hall–Kier alpha value is -3.12. The van der Waals surface area contributed by atoms with E-state index in [0.717, 1.165) is 34.0 Å². The molecule has 1 amide bonds. The van der Waals surface area contributed by atoms with Crippen LogP contribution in [0.15, 0.2) is 54.6 Å². The van der Waals surface area contributed by atoms with E-state index in [9.17, 15) is 4.79 Å². The molecule has 0 saturated heterocycles. The summed E-state index contributed by atoms with van der Waals surface area (Å²) in [6.45, 7) is 5.58. The van der Waals surface area contributed by atoms with Crippen molar-refractivity contribution < 1.29 is 9.53 Å². The van der Waals surface area contributed by atoms with Crippen molar-refractivity contribution in [2.75, 3.05) is 20.7 Å². The molecule has 0 bridgehead atoms. The van der Waals surface area contributed by atoms with Crippen LogP contribution in [0.2, 0.25) is 0 Å². The van der Waals surface area contributed by atoms with Crippen LogP contribution in [-0.4, -0.2) is 41.3 Å². The minimum absolute atomic E-state index is 0.00549. The van der Waals surface area contributed by atoms with Crippen molar-refractivity contribution in [2.45, 2.75) is 26.9 Å². The van der Waals surface area contributed by atoms with Crippen LogP contribution < -0.4 is 10.1 Å². The van der Waals surface area contributed by atoms with Gasteiger partial charge in [-0.25, -0.2) is 4.68 Å². The summed E-state index contributed by atoms with van der Waals surface area (Å²) in [5.41, 5.74) is 5.31. The first-order valence-electron chi connectivity index (χ1n) is 9.66. The Morgan fingerprint density at radius 1 is 1.10 bits per heavy atom. The molecule has 3 aromatic rings. The molecule has 0 fully saturated rings. The minimum Gasteiger partial charge on any atom is -0.497 e. The van der Waals surface area contributed by atoms with E-state index < -0.39 is 0 Å². The molecule has 0 aliphatic rings. The second-order valence-corrected chi connectivity index (χ2v) is 7.19. The number of nitrogens with zero attached hydrogens (tertiary/aromatic N) is 3. The lowest BCUT2D eigenvalue weighted by Crippen LogP contribution is -2.34. The number of rotatable bonds is 8. The number of ether oxygens (including phenoxy) is 1. The largest absolute Gasteiger partial charge is 0.497 e. The fourth-order valence-electron chi connectivity index (χ4n) is 3.30. The molecule has 6 heteroatoms. The average Bonchev–Trinajstić information content (AvgIpc) is 3.01. The van der Waals surface area contributed by atoms with Crippen molar-refractivity contribution in [1.82, 2.24) is 20.0 Å². The third-order valence-corrected chi connectivity index (χ3v) is 4.93. The molecular weight excluding hydrogens is 364 g/mol. The molecule has 6 nitrogen and oxygen atoms in total. The number of likely N-dealkylation sites (N-methyl/N-ethyl adjacent to an activating group) is 1. The number of para-hydroxylation sites is 1. The second kappa shape index (κ2) is 9.39. The van der Waals surface area contributed by atoms with Gasteiger partial charge in [0.15, 0.2) is 0 Å². The Morgan fingerprint density at radius 3 is 2.45 bits per heavy atom. The highest BCUT2D eigenvalue weighted by Crippen LogP contribution is 2.19. The molecule has 152 valence electrons. The van der Waals surface area contributed by atoms with E-state index in [1.807, 2.05) is 78.2 Å². The van der Waals surface area contributed by atoms with Gasteiger partial charge < -0.3 is 10.1 Å². The highest BCUT2D eigenvalue weighted by Gasteiger charge is 2.15. The second-order valence-electron chi connectivity index (χ2n) is 7.19. The first-order chi connectivity index (χ1) is 14.0. The molecule has 0 radical (unpaired) electrons. The van der Waals surface area contributed by atoms with Gasteiger partial charge in [-0.2, -0.15) is 5.10 Å². The van der Waals surface area contributed by atoms with E-state index in [-0.39, 0.29) is 5.91 Å². The number of aryl methyl sites for hydroxylation is 1. The molecule has 1 N–H and O–H groups in total. The SMILES string of the molecule is COc1ccc(CNC(=O)CN(C)Cc2c(C)nn(-c3ccccc3)c2C)cc1. The van der Waals surface area contributed by atoms with Crippen molar-refractivity contribution >= 4 is 5.91 Å². The Morgan fingerprint density at radius 2 is 1.79 bits per heavy atom. The summed E-state index contributed by atoms with van der Waals surface area (Å²) in [6.07, 6.45) is 0. The quantitative estimate of drug-likeness (QED) is 0.639. The number of hydrogen-bond acceptors (Lipinski definition) is 4. The summed E-state index contributed by atoms with van der Waals surface area (Å²) in [6, 6.07) is 17.8. The highest BCUT2D eigenvalue weighted by atomic mass is 16.5. The molecule has 1 heterocycles. The number of hydrogen-bond donors (Lipinski definition) is 1. The summed E-state index contributed by atoms with van der Waals surface area (Å²) >= 11 is 0. The zero-order valence-electron chi connectivity index (χ0n) is 17.5. The van der Waals surface area contributed by atoms with Crippen LogP contribution in [0.1, 0.15) is 22.5 Å². The van der Waals surface area contributed by atoms with E-state index in [2.05, 4.69) is 17.3 Å². The summed E-state index contributed by atoms with van der Waals surface area (Å²) in [5.74, 6) is 0.802. The van der Waals surface area contributed by atoms with Crippen molar-refractivity contribution in [3.63, 3.8) is 0 Å². The van der Waals surface area contributed by atoms with Gasteiger partial charge in [0, 0.05) is 24.3 Å². The third kappa shape index (κ3) is 5.23. The molecule has 3 rings (SSSR count). The van der Waals surface area contributed by atoms with Crippen LogP contribution >= 0.6 is 0 Å². The van der Waals surface area contributed by atoms with Gasteiger partial charge in [0.1, 0.15) is 5.75 Å². The molecule has 0 spiro atoms. The topological polar surface area (TPSA) is 59.4 Å². The normalized spacial score (nSPS) is 10.9. The summed E-state index contributed by atoms with van der Waals surface area (Å²) in [7, 11) is 3.59. The van der Waals surface area contributed by atoms with Crippen LogP contribution in [0.3, 0.4) is 0 Å². The van der Waals surface area contributed by atoms with Crippen LogP contribution in [0, 0.1) is 13.8 Å². The third-order valence-electron chi connectivity index (χ3n) is 4.93. The zero-order valence-corrected chi connectivity index (χ0v) is 17.5. The lowest BCUT2D eigenvalue weighted by Gasteiger charge is -2.17. The molecule has 0 aliphatic heterocycles. The van der Waals surface area contributed by atoms with Gasteiger partial charge in [-0.15, -0.1) is 0 Å². The van der Waals surface area contributed by atoms with Gasteiger partial charge in [0.25, 0.3) is 0 Å². The minimum atomic E-state index is -0.00549. The standard InChI is InChI=1S/C23H28N4O2/c1-17-22(18(2)27(25-17)20-8-6-5-7-9-20)15-26(3)16-23(28)24-14-19-10-12-21(29-4)13-11-19/h5-13H,14-16H2,1-4H3,(H,24,28). The van der Waals surface area contributed by atoms with Gasteiger partial charge in [-0.1, -0.05) is 30.3 Å². The number of methoxy groups -OCH3 is 1. The predicted octanol–water partition coefficient (Wildman–Crippen LogP) is 3.25. The van der Waals surface area contributed by atoms with Gasteiger partial charge >= 0.3 is 0 Å². The number of benzene rings is 2. The number of carbonyl (C=O) groups excluding carboxylic acids is 1. The van der Waals surface area contributed by atoms with Crippen molar-refractivity contribution in [2.24, 2.45) is 0 Å². The predicted molar refractivity (Wildman–Crippen MR) is 114 cm³/mol. The maximum absolute atomic E-state index is 12.3. The number of carbonyl (C=O) groups is 1. The monoisotopic (exact) mass is 392 g/mol. The van der Waals surface area contributed by atoms with Crippen LogP contribution in [-0.2, 0) is 17.9 Å². The van der Waals surface area contributed by atoms with Crippen molar-refractivity contribution in [3.8, 4) is 11.4 Å². The lowest BCUT2D eigenvalue weighted by molar-refractivity contribution is -0.122. The first-order valence-corrected chi connectivity index (χ1v) is 9.66. The fraction of sp³-hybridized carbons (Fsp3) is 0.304. The Balaban J connectivity index is 1.56. The van der Waals surface area contributed by atoms with Crippen molar-refractivity contribution in [3.05, 3.63) is 77.1 Å². The molecular formula is C23H28N4O2. The van der Waals surface area contributed by atoms with E-state index in [0.29, 0.717) is 19.6 Å². The van der Waals surface area contributed by atoms with Crippen LogP contribution in [0.5, 0.6) is 5.75 Å². The number of nitrogens with one attached hydrogen (secondary N) is 1. The summed E-state index contributed by atoms with van der Waals surface area (Å²) in [5, 5.41) is 7.65. The molecule has 1 aromatic heterocycles. The van der Waals surface area contributed by atoms with E-state index >= 15 is 0 Å². The van der Waals surface area contributed by atoms with Gasteiger partial charge in [0.05, 0.1) is 25.0 Å². The lowest BCUT2D eigenvalue weighted by atomic mass is 10.2. The number of aromatic nitrogens is 2. The van der Waals surface area contributed by atoms with Crippen LogP contribution in [0.25, 0.3) is 5.69 Å². The molecule has 0 atom stereocenters. The van der Waals surface area contributed by atoms with E-state index in [1.54, 1.807) is 7.11 Å². The summed E-state index contributed by atoms with van der Waals surface area (Å²) in [4.78, 5) is 14.3. The van der Waals surface area contributed by atoms with Gasteiger partial charge in [-0.3, -0.25) is 9.69 Å². The molecule has 0 aliphatic carbocycles. The molecule has 2 aromatic carbocycles. The number of amides is 1. The fourth-order valence-corrected chi connectivity index (χ4v) is 3.30. The molecule has 29 heavy (non-hydrogen) atoms. The molecule has 0 unspecified atom stereocenters. The first kappa shape index (κ1) is 20.6. The maximum atomic E-state index is 12.3. The Kier molecular flexibility index (Phi) is 6.67. The van der Waals surface area contributed by atoms with Gasteiger partial charge in [0.2, 0.25) is 5.91 Å². The average molecular weight is 393 g/mol. The smallest absolute Gasteiger partial charge is 0.234 e. The van der Waals surface area contributed by atoms with Crippen molar-refractivity contribution in [1.29, 1.82) is 0 Å².